The molecule has 0 aromatic heterocycles. The average molecular weight is 453 g/mol. The van der Waals surface area contributed by atoms with E-state index >= 15 is 0 Å². The fourth-order valence-corrected chi connectivity index (χ4v) is 3.90. The Hall–Kier alpha value is -2.40. The first-order chi connectivity index (χ1) is 15.5. The monoisotopic (exact) mass is 452 g/mol. The van der Waals surface area contributed by atoms with Gasteiger partial charge >= 0.3 is 5.97 Å². The topological polar surface area (TPSA) is 32.8 Å². The summed E-state index contributed by atoms with van der Waals surface area (Å²) in [4.78, 5) is 16.7. The van der Waals surface area contributed by atoms with E-state index in [1.807, 2.05) is 38.1 Å². The number of benzene rings is 2. The first-order valence-corrected chi connectivity index (χ1v) is 11.7. The third-order valence-electron chi connectivity index (χ3n) is 5.76. The molecule has 0 N–H and O–H groups in total. The Bertz CT molecular complexity index is 912. The molecule has 3 rings (SSSR count). The minimum absolute atomic E-state index is 0.284. The van der Waals surface area contributed by atoms with Crippen molar-refractivity contribution >= 4 is 29.2 Å². The molecular weight excluding hydrogens is 420 g/mol. The van der Waals surface area contributed by atoms with Gasteiger partial charge in [0.15, 0.2) is 0 Å². The molecular formula is C27H33ClN2O2. The second-order valence-electron chi connectivity index (χ2n) is 8.12. The third kappa shape index (κ3) is 7.94. The molecule has 32 heavy (non-hydrogen) atoms. The summed E-state index contributed by atoms with van der Waals surface area (Å²) in [6.45, 7) is 10.6. The van der Waals surface area contributed by atoms with Crippen LogP contribution in [0.1, 0.15) is 30.5 Å². The lowest BCUT2D eigenvalue weighted by Crippen LogP contribution is -2.46. The smallest absolute Gasteiger partial charge is 0.331 e. The molecule has 170 valence electrons. The molecule has 4 nitrogen and oxygen atoms in total. The van der Waals surface area contributed by atoms with Crippen molar-refractivity contribution in [3.8, 4) is 0 Å². The standard InChI is InChI=1S/C27H33ClN2O2/c1-3-32-27(31)21-22(2)25-10-6-24(7-11-25)14-16-30-19-17-29(18-20-30)15-4-5-23-8-12-26(28)13-9-23/h4-13,21H,3,14-20H2,1-2H3/b5-4+,22-21+. The van der Waals surface area contributed by atoms with Gasteiger partial charge in [-0.25, -0.2) is 4.79 Å². The molecule has 0 aliphatic carbocycles. The zero-order valence-electron chi connectivity index (χ0n) is 19.1. The maximum absolute atomic E-state index is 11.6. The summed E-state index contributed by atoms with van der Waals surface area (Å²) in [5, 5.41) is 0.773. The fraction of sp³-hybridized carbons (Fsp3) is 0.370. The lowest BCUT2D eigenvalue weighted by molar-refractivity contribution is -0.137. The average Bonchev–Trinajstić information content (AvgIpc) is 2.80. The Morgan fingerprint density at radius 1 is 1.00 bits per heavy atom. The second-order valence-corrected chi connectivity index (χ2v) is 8.56. The lowest BCUT2D eigenvalue weighted by atomic mass is 10.0. The minimum atomic E-state index is -0.284. The Morgan fingerprint density at radius 2 is 1.66 bits per heavy atom. The van der Waals surface area contributed by atoms with E-state index in [0.29, 0.717) is 6.61 Å². The summed E-state index contributed by atoms with van der Waals surface area (Å²) >= 11 is 5.94. The number of carbonyl (C=O) groups is 1. The summed E-state index contributed by atoms with van der Waals surface area (Å²) in [6, 6.07) is 16.4. The molecule has 5 heteroatoms. The second kappa shape index (κ2) is 12.6. The molecule has 0 saturated carbocycles. The van der Waals surface area contributed by atoms with Gasteiger partial charge in [0.05, 0.1) is 6.61 Å². The molecule has 1 fully saturated rings. The van der Waals surface area contributed by atoms with Crippen molar-refractivity contribution in [2.75, 3.05) is 45.9 Å². The van der Waals surface area contributed by atoms with Gasteiger partial charge in [0, 0.05) is 50.4 Å². The Labute approximate surface area is 197 Å². The van der Waals surface area contributed by atoms with Crippen LogP contribution in [0.2, 0.25) is 5.02 Å². The first kappa shape index (κ1) is 24.2. The van der Waals surface area contributed by atoms with Crippen LogP contribution in [0.4, 0.5) is 0 Å². The van der Waals surface area contributed by atoms with E-state index in [9.17, 15) is 4.79 Å². The molecule has 0 unspecified atom stereocenters. The van der Waals surface area contributed by atoms with Crippen molar-refractivity contribution in [3.05, 3.63) is 82.4 Å². The van der Waals surface area contributed by atoms with Crippen molar-refractivity contribution in [1.82, 2.24) is 9.80 Å². The number of hydrogen-bond donors (Lipinski definition) is 0. The van der Waals surface area contributed by atoms with E-state index < -0.39 is 0 Å². The molecule has 1 heterocycles. The van der Waals surface area contributed by atoms with E-state index in [2.05, 4.69) is 46.2 Å². The van der Waals surface area contributed by atoms with Gasteiger partial charge in [0.25, 0.3) is 0 Å². The number of carbonyl (C=O) groups excluding carboxylic acids is 1. The number of ether oxygens (including phenoxy) is 1. The van der Waals surface area contributed by atoms with Crippen LogP contribution >= 0.6 is 11.6 Å². The van der Waals surface area contributed by atoms with Crippen molar-refractivity contribution in [2.24, 2.45) is 0 Å². The van der Waals surface area contributed by atoms with Crippen LogP contribution in [0.3, 0.4) is 0 Å². The van der Waals surface area contributed by atoms with Crippen molar-refractivity contribution in [3.63, 3.8) is 0 Å². The van der Waals surface area contributed by atoms with Gasteiger partial charge in [-0.05, 0) is 54.7 Å². The van der Waals surface area contributed by atoms with Gasteiger partial charge in [0.2, 0.25) is 0 Å². The molecule has 2 aromatic carbocycles. The largest absolute Gasteiger partial charge is 0.463 e. The fourth-order valence-electron chi connectivity index (χ4n) is 3.77. The van der Waals surface area contributed by atoms with Crippen LogP contribution in [0.15, 0.2) is 60.7 Å². The maximum atomic E-state index is 11.6. The van der Waals surface area contributed by atoms with Crippen LogP contribution < -0.4 is 0 Å². The summed E-state index contributed by atoms with van der Waals surface area (Å²) in [5.74, 6) is -0.284. The molecule has 0 bridgehead atoms. The van der Waals surface area contributed by atoms with Crippen LogP contribution in [0, 0.1) is 0 Å². The molecule has 0 amide bonds. The quantitative estimate of drug-likeness (QED) is 0.387. The number of halogens is 1. The minimum Gasteiger partial charge on any atom is -0.463 e. The number of hydrogen-bond acceptors (Lipinski definition) is 4. The van der Waals surface area contributed by atoms with E-state index in [4.69, 9.17) is 16.3 Å². The zero-order chi connectivity index (χ0) is 22.8. The number of nitrogens with zero attached hydrogens (tertiary/aromatic N) is 2. The molecule has 1 saturated heterocycles. The van der Waals surface area contributed by atoms with E-state index in [-0.39, 0.29) is 5.97 Å². The van der Waals surface area contributed by atoms with Gasteiger partial charge in [0.1, 0.15) is 0 Å². The van der Waals surface area contributed by atoms with Gasteiger partial charge < -0.3 is 9.64 Å². The summed E-state index contributed by atoms with van der Waals surface area (Å²) in [6.07, 6.45) is 6.99. The van der Waals surface area contributed by atoms with Crippen molar-refractivity contribution in [1.29, 1.82) is 0 Å². The molecule has 0 radical (unpaired) electrons. The summed E-state index contributed by atoms with van der Waals surface area (Å²) in [7, 11) is 0. The van der Waals surface area contributed by atoms with Gasteiger partial charge in [-0.1, -0.05) is 60.2 Å². The number of piperazine rings is 1. The van der Waals surface area contributed by atoms with Crippen LogP contribution in [-0.2, 0) is 16.0 Å². The van der Waals surface area contributed by atoms with Crippen LogP contribution in [0.5, 0.6) is 0 Å². The van der Waals surface area contributed by atoms with Crippen molar-refractivity contribution < 1.29 is 9.53 Å². The van der Waals surface area contributed by atoms with Crippen LogP contribution in [-0.4, -0.2) is 61.6 Å². The maximum Gasteiger partial charge on any atom is 0.331 e. The molecule has 1 aliphatic rings. The molecule has 2 aromatic rings. The molecule has 0 spiro atoms. The van der Waals surface area contributed by atoms with Gasteiger partial charge in [-0.2, -0.15) is 0 Å². The zero-order valence-corrected chi connectivity index (χ0v) is 19.9. The molecule has 0 atom stereocenters. The summed E-state index contributed by atoms with van der Waals surface area (Å²) in [5.41, 5.74) is 4.50. The van der Waals surface area contributed by atoms with E-state index in [1.165, 1.54) is 11.1 Å². The highest BCUT2D eigenvalue weighted by molar-refractivity contribution is 6.30. The van der Waals surface area contributed by atoms with E-state index in [0.717, 1.165) is 61.8 Å². The number of esters is 1. The van der Waals surface area contributed by atoms with Gasteiger partial charge in [-0.15, -0.1) is 0 Å². The van der Waals surface area contributed by atoms with Gasteiger partial charge in [-0.3, -0.25) is 4.90 Å². The van der Waals surface area contributed by atoms with Crippen molar-refractivity contribution in [2.45, 2.75) is 20.3 Å². The predicted octanol–water partition coefficient (Wildman–Crippen LogP) is 5.18. The highest BCUT2D eigenvalue weighted by Gasteiger charge is 2.15. The normalized spacial score (nSPS) is 15.9. The SMILES string of the molecule is CCOC(=O)/C=C(\C)c1ccc(CCN2CCN(C/C=C/c3ccc(Cl)cc3)CC2)cc1. The van der Waals surface area contributed by atoms with Crippen LogP contribution in [0.25, 0.3) is 11.6 Å². The Kier molecular flexibility index (Phi) is 9.54. The molecule has 1 aliphatic heterocycles. The Morgan fingerprint density at radius 3 is 2.31 bits per heavy atom. The predicted molar refractivity (Wildman–Crippen MR) is 134 cm³/mol. The number of allylic oxidation sites excluding steroid dienone is 1. The number of rotatable bonds is 9. The summed E-state index contributed by atoms with van der Waals surface area (Å²) < 4.78 is 4.98. The third-order valence-corrected chi connectivity index (χ3v) is 6.01. The highest BCUT2D eigenvalue weighted by Crippen LogP contribution is 2.16. The first-order valence-electron chi connectivity index (χ1n) is 11.3. The Balaban J connectivity index is 1.38. The lowest BCUT2D eigenvalue weighted by Gasteiger charge is -2.34. The highest BCUT2D eigenvalue weighted by atomic mass is 35.5. The van der Waals surface area contributed by atoms with E-state index in [1.54, 1.807) is 6.08 Å².